The summed E-state index contributed by atoms with van der Waals surface area (Å²) in [6.07, 6.45) is 6.48. The molecule has 1 N–H and O–H groups in total. The molecule has 1 aromatic heterocycles. The maximum atomic E-state index is 4.24. The first-order chi connectivity index (χ1) is 10.3. The molecular weight excluding hydrogens is 260 g/mol. The molecule has 1 aliphatic rings. The van der Waals surface area contributed by atoms with Gasteiger partial charge in [0.05, 0.1) is 5.69 Å². The summed E-state index contributed by atoms with van der Waals surface area (Å²) < 4.78 is 1.88. The van der Waals surface area contributed by atoms with Crippen LogP contribution < -0.4 is 5.32 Å². The van der Waals surface area contributed by atoms with Gasteiger partial charge in [-0.25, -0.2) is 4.68 Å². The van der Waals surface area contributed by atoms with Crippen LogP contribution in [0.3, 0.4) is 0 Å². The van der Waals surface area contributed by atoms with Crippen molar-refractivity contribution < 1.29 is 0 Å². The third-order valence-electron chi connectivity index (χ3n) is 4.24. The fourth-order valence-corrected chi connectivity index (χ4v) is 2.92. The van der Waals surface area contributed by atoms with Crippen LogP contribution in [0.5, 0.6) is 0 Å². The molecule has 1 aliphatic heterocycles. The van der Waals surface area contributed by atoms with Gasteiger partial charge < -0.3 is 5.32 Å². The van der Waals surface area contributed by atoms with Crippen LogP contribution in [0.2, 0.25) is 0 Å². The van der Waals surface area contributed by atoms with E-state index < -0.39 is 0 Å². The van der Waals surface area contributed by atoms with Crippen molar-refractivity contribution in [3.8, 4) is 5.69 Å². The minimum Gasteiger partial charge on any atom is -0.311 e. The van der Waals surface area contributed by atoms with E-state index in [1.165, 1.54) is 31.5 Å². The highest BCUT2D eigenvalue weighted by Gasteiger charge is 2.17. The summed E-state index contributed by atoms with van der Waals surface area (Å²) in [6, 6.07) is 11.2. The predicted molar refractivity (Wildman–Crippen MR) is 85.5 cm³/mol. The molecule has 1 atom stereocenters. The molecule has 0 amide bonds. The molecule has 1 aromatic carbocycles. The molecule has 0 saturated carbocycles. The van der Waals surface area contributed by atoms with Crippen LogP contribution in [-0.2, 0) is 6.54 Å². The van der Waals surface area contributed by atoms with Gasteiger partial charge in [-0.1, -0.05) is 12.1 Å². The summed E-state index contributed by atoms with van der Waals surface area (Å²) in [5.41, 5.74) is 2.42. The lowest BCUT2D eigenvalue weighted by Gasteiger charge is -2.24. The Morgan fingerprint density at radius 2 is 1.95 bits per heavy atom. The van der Waals surface area contributed by atoms with Crippen molar-refractivity contribution in [2.24, 2.45) is 0 Å². The lowest BCUT2D eigenvalue weighted by molar-refractivity contribution is 0.251. The average molecular weight is 284 g/mol. The molecule has 0 radical (unpaired) electrons. The molecule has 112 valence electrons. The Morgan fingerprint density at radius 1 is 1.19 bits per heavy atom. The van der Waals surface area contributed by atoms with E-state index in [1.54, 1.807) is 6.20 Å². The maximum Gasteiger partial charge on any atom is 0.0645 e. The Morgan fingerprint density at radius 3 is 2.62 bits per heavy atom. The number of nitrogens with one attached hydrogen (secondary N) is 1. The molecule has 0 spiro atoms. The van der Waals surface area contributed by atoms with E-state index in [1.807, 2.05) is 16.9 Å². The van der Waals surface area contributed by atoms with Gasteiger partial charge in [0.1, 0.15) is 0 Å². The number of hydrogen-bond donors (Lipinski definition) is 1. The minimum absolute atomic E-state index is 0.635. The van der Waals surface area contributed by atoms with E-state index in [0.29, 0.717) is 6.04 Å². The van der Waals surface area contributed by atoms with Crippen molar-refractivity contribution in [2.45, 2.75) is 32.4 Å². The Bertz CT molecular complexity index is 526. The number of hydrogen-bond acceptors (Lipinski definition) is 3. The Hall–Kier alpha value is -1.65. The fraction of sp³-hybridized carbons (Fsp3) is 0.471. The largest absolute Gasteiger partial charge is 0.311 e. The van der Waals surface area contributed by atoms with Gasteiger partial charge in [0.2, 0.25) is 0 Å². The lowest BCUT2D eigenvalue weighted by Crippen LogP contribution is -2.38. The smallest absolute Gasteiger partial charge is 0.0645 e. The van der Waals surface area contributed by atoms with Gasteiger partial charge in [0, 0.05) is 31.5 Å². The number of rotatable bonds is 6. The van der Waals surface area contributed by atoms with Crippen LogP contribution in [0.15, 0.2) is 42.7 Å². The summed E-state index contributed by atoms with van der Waals surface area (Å²) in [5, 5.41) is 7.81. The zero-order valence-electron chi connectivity index (χ0n) is 12.7. The normalized spacial score (nSPS) is 17.2. The molecule has 1 saturated heterocycles. The van der Waals surface area contributed by atoms with Gasteiger partial charge >= 0.3 is 0 Å². The van der Waals surface area contributed by atoms with Gasteiger partial charge in [-0.15, -0.1) is 0 Å². The standard InChI is InChI=1S/C17H24N4/c1-15(20-10-2-3-11-20)13-18-14-16-5-7-17(8-6-16)21-12-4-9-19-21/h4-9,12,15,18H,2-3,10-11,13-14H2,1H3. The molecular formula is C17H24N4. The van der Waals surface area contributed by atoms with Crippen LogP contribution in [0, 0.1) is 0 Å². The first-order valence-electron chi connectivity index (χ1n) is 7.86. The molecule has 4 heteroatoms. The molecule has 3 rings (SSSR count). The van der Waals surface area contributed by atoms with Crippen molar-refractivity contribution in [1.29, 1.82) is 0 Å². The summed E-state index contributed by atoms with van der Waals surface area (Å²) >= 11 is 0. The quantitative estimate of drug-likeness (QED) is 0.884. The van der Waals surface area contributed by atoms with Crippen LogP contribution in [-0.4, -0.2) is 40.4 Å². The Kier molecular flexibility index (Phi) is 4.68. The van der Waals surface area contributed by atoms with Crippen molar-refractivity contribution in [3.63, 3.8) is 0 Å². The zero-order valence-corrected chi connectivity index (χ0v) is 12.7. The van der Waals surface area contributed by atoms with Crippen LogP contribution in [0.1, 0.15) is 25.3 Å². The number of likely N-dealkylation sites (tertiary alicyclic amines) is 1. The van der Waals surface area contributed by atoms with Crippen molar-refractivity contribution in [1.82, 2.24) is 20.0 Å². The Labute approximate surface area is 126 Å². The van der Waals surface area contributed by atoms with E-state index in [9.17, 15) is 0 Å². The molecule has 1 fully saturated rings. The second-order valence-electron chi connectivity index (χ2n) is 5.84. The van der Waals surface area contributed by atoms with Gasteiger partial charge in [0.25, 0.3) is 0 Å². The van der Waals surface area contributed by atoms with Gasteiger partial charge in [-0.2, -0.15) is 5.10 Å². The first kappa shape index (κ1) is 14.3. The van der Waals surface area contributed by atoms with Crippen molar-refractivity contribution in [2.75, 3.05) is 19.6 Å². The molecule has 4 nitrogen and oxygen atoms in total. The second-order valence-corrected chi connectivity index (χ2v) is 5.84. The Balaban J connectivity index is 1.47. The molecule has 2 aromatic rings. The highest BCUT2D eigenvalue weighted by atomic mass is 15.3. The second kappa shape index (κ2) is 6.87. The van der Waals surface area contributed by atoms with Gasteiger partial charge in [-0.05, 0) is 56.6 Å². The molecule has 2 heterocycles. The SMILES string of the molecule is CC(CNCc1ccc(-n2cccn2)cc1)N1CCCC1. The van der Waals surface area contributed by atoms with E-state index >= 15 is 0 Å². The van der Waals surface area contributed by atoms with Crippen LogP contribution >= 0.6 is 0 Å². The average Bonchev–Trinajstić information content (AvgIpc) is 3.21. The third-order valence-corrected chi connectivity index (χ3v) is 4.24. The topological polar surface area (TPSA) is 33.1 Å². The van der Waals surface area contributed by atoms with Crippen molar-refractivity contribution >= 4 is 0 Å². The number of aromatic nitrogens is 2. The maximum absolute atomic E-state index is 4.24. The van der Waals surface area contributed by atoms with Crippen molar-refractivity contribution in [3.05, 3.63) is 48.3 Å². The first-order valence-corrected chi connectivity index (χ1v) is 7.86. The van der Waals surface area contributed by atoms with E-state index in [2.05, 4.69) is 46.5 Å². The van der Waals surface area contributed by atoms with Crippen LogP contribution in [0.25, 0.3) is 5.69 Å². The third kappa shape index (κ3) is 3.71. The predicted octanol–water partition coefficient (Wildman–Crippen LogP) is 2.45. The minimum atomic E-state index is 0.635. The van der Waals surface area contributed by atoms with E-state index in [0.717, 1.165) is 18.8 Å². The van der Waals surface area contributed by atoms with Gasteiger partial charge in [0.15, 0.2) is 0 Å². The van der Waals surface area contributed by atoms with Gasteiger partial charge in [-0.3, -0.25) is 4.90 Å². The monoisotopic (exact) mass is 284 g/mol. The fourth-order valence-electron chi connectivity index (χ4n) is 2.92. The number of benzene rings is 1. The summed E-state index contributed by atoms with van der Waals surface area (Å²) in [6.45, 7) is 6.83. The molecule has 0 bridgehead atoms. The molecule has 21 heavy (non-hydrogen) atoms. The molecule has 0 aliphatic carbocycles. The summed E-state index contributed by atoms with van der Waals surface area (Å²) in [7, 11) is 0. The highest BCUT2D eigenvalue weighted by molar-refractivity contribution is 5.33. The highest BCUT2D eigenvalue weighted by Crippen LogP contribution is 2.11. The molecule has 1 unspecified atom stereocenters. The van der Waals surface area contributed by atoms with E-state index in [-0.39, 0.29) is 0 Å². The summed E-state index contributed by atoms with van der Waals surface area (Å²) in [4.78, 5) is 2.58. The number of nitrogens with zero attached hydrogens (tertiary/aromatic N) is 3. The lowest BCUT2D eigenvalue weighted by atomic mass is 10.2. The van der Waals surface area contributed by atoms with Crippen LogP contribution in [0.4, 0.5) is 0 Å². The van der Waals surface area contributed by atoms with E-state index in [4.69, 9.17) is 0 Å². The zero-order chi connectivity index (χ0) is 14.5. The summed E-state index contributed by atoms with van der Waals surface area (Å²) in [5.74, 6) is 0.